The highest BCUT2D eigenvalue weighted by Crippen LogP contribution is 2.24. The summed E-state index contributed by atoms with van der Waals surface area (Å²) in [5, 5.41) is 6.86. The first kappa shape index (κ1) is 10.9. The number of aromatic nitrogens is 3. The summed E-state index contributed by atoms with van der Waals surface area (Å²) in [5.74, 6) is 0.888. The molecule has 6 nitrogen and oxygen atoms in total. The van der Waals surface area contributed by atoms with Crippen molar-refractivity contribution in [3.05, 3.63) is 6.33 Å². The lowest BCUT2D eigenvalue weighted by Crippen LogP contribution is -2.35. The van der Waals surface area contributed by atoms with Gasteiger partial charge in [0.05, 0.1) is 0 Å². The summed E-state index contributed by atoms with van der Waals surface area (Å²) in [5.41, 5.74) is 5.36. The fourth-order valence-electron chi connectivity index (χ4n) is 2.14. The van der Waals surface area contributed by atoms with E-state index in [0.29, 0.717) is 12.0 Å². The fourth-order valence-corrected chi connectivity index (χ4v) is 2.14. The van der Waals surface area contributed by atoms with Gasteiger partial charge in [-0.25, -0.2) is 9.67 Å². The van der Waals surface area contributed by atoms with Gasteiger partial charge in [-0.2, -0.15) is 0 Å². The maximum absolute atomic E-state index is 11.6. The Morgan fingerprint density at radius 1 is 1.69 bits per heavy atom. The highest BCUT2D eigenvalue weighted by atomic mass is 16.2. The van der Waals surface area contributed by atoms with Crippen LogP contribution in [0.3, 0.4) is 0 Å². The fraction of sp³-hybridized carbons (Fsp3) is 0.700. The van der Waals surface area contributed by atoms with E-state index in [4.69, 9.17) is 5.73 Å². The van der Waals surface area contributed by atoms with Crippen molar-refractivity contribution in [2.75, 3.05) is 5.73 Å². The SMILES string of the molecule is CC1CCC(NC(=O)Cn2cnc(N)n2)C1. The zero-order chi connectivity index (χ0) is 11.5. The smallest absolute Gasteiger partial charge is 0.242 e. The summed E-state index contributed by atoms with van der Waals surface area (Å²) < 4.78 is 1.45. The zero-order valence-electron chi connectivity index (χ0n) is 9.39. The van der Waals surface area contributed by atoms with Crippen molar-refractivity contribution < 1.29 is 4.79 Å². The molecule has 1 amide bonds. The Labute approximate surface area is 94.2 Å². The molecule has 1 heterocycles. The number of carbonyl (C=O) groups is 1. The molecule has 88 valence electrons. The molecule has 3 N–H and O–H groups in total. The first-order valence-electron chi connectivity index (χ1n) is 5.58. The Bertz CT molecular complexity index is 375. The topological polar surface area (TPSA) is 85.8 Å². The van der Waals surface area contributed by atoms with Gasteiger partial charge in [0.25, 0.3) is 0 Å². The van der Waals surface area contributed by atoms with E-state index in [2.05, 4.69) is 22.3 Å². The van der Waals surface area contributed by atoms with E-state index < -0.39 is 0 Å². The predicted molar refractivity (Wildman–Crippen MR) is 59.4 cm³/mol. The normalized spacial score (nSPS) is 24.6. The van der Waals surface area contributed by atoms with Gasteiger partial charge in [-0.05, 0) is 25.2 Å². The van der Waals surface area contributed by atoms with Gasteiger partial charge in [0.15, 0.2) is 0 Å². The molecule has 1 aliphatic carbocycles. The lowest BCUT2D eigenvalue weighted by atomic mass is 10.1. The summed E-state index contributed by atoms with van der Waals surface area (Å²) in [6.45, 7) is 2.40. The lowest BCUT2D eigenvalue weighted by molar-refractivity contribution is -0.122. The highest BCUT2D eigenvalue weighted by molar-refractivity contribution is 5.75. The van der Waals surface area contributed by atoms with Crippen LogP contribution >= 0.6 is 0 Å². The van der Waals surface area contributed by atoms with E-state index in [1.807, 2.05) is 0 Å². The second kappa shape index (κ2) is 4.51. The Kier molecular flexibility index (Phi) is 3.07. The van der Waals surface area contributed by atoms with E-state index in [1.165, 1.54) is 17.4 Å². The first-order chi connectivity index (χ1) is 7.63. The number of hydrogen-bond acceptors (Lipinski definition) is 4. The second-order valence-electron chi connectivity index (χ2n) is 4.48. The maximum atomic E-state index is 11.6. The molecule has 2 unspecified atom stereocenters. The molecule has 0 radical (unpaired) electrons. The third-order valence-electron chi connectivity index (χ3n) is 2.92. The van der Waals surface area contributed by atoms with E-state index in [-0.39, 0.29) is 18.4 Å². The zero-order valence-corrected chi connectivity index (χ0v) is 9.39. The van der Waals surface area contributed by atoms with Crippen LogP contribution in [0.4, 0.5) is 5.95 Å². The number of rotatable bonds is 3. The number of nitrogens with two attached hydrogens (primary N) is 1. The van der Waals surface area contributed by atoms with Crippen LogP contribution in [0.15, 0.2) is 6.33 Å². The van der Waals surface area contributed by atoms with E-state index in [1.54, 1.807) is 0 Å². The Hall–Kier alpha value is -1.59. The largest absolute Gasteiger partial charge is 0.367 e. The molecule has 2 rings (SSSR count). The van der Waals surface area contributed by atoms with Crippen molar-refractivity contribution >= 4 is 11.9 Å². The van der Waals surface area contributed by atoms with E-state index in [0.717, 1.165) is 12.8 Å². The summed E-state index contributed by atoms with van der Waals surface area (Å²) in [7, 11) is 0. The average molecular weight is 223 g/mol. The van der Waals surface area contributed by atoms with Crippen LogP contribution < -0.4 is 11.1 Å². The Balaban J connectivity index is 1.80. The van der Waals surface area contributed by atoms with Crippen LogP contribution in [0, 0.1) is 5.92 Å². The summed E-state index contributed by atoms with van der Waals surface area (Å²) >= 11 is 0. The van der Waals surface area contributed by atoms with Crippen LogP contribution in [0.1, 0.15) is 26.2 Å². The van der Waals surface area contributed by atoms with Gasteiger partial charge in [0.1, 0.15) is 12.9 Å². The van der Waals surface area contributed by atoms with Crippen LogP contribution in [0.25, 0.3) is 0 Å². The molecule has 0 saturated heterocycles. The monoisotopic (exact) mass is 223 g/mol. The highest BCUT2D eigenvalue weighted by Gasteiger charge is 2.22. The lowest BCUT2D eigenvalue weighted by Gasteiger charge is -2.11. The van der Waals surface area contributed by atoms with Gasteiger partial charge in [-0.1, -0.05) is 6.92 Å². The van der Waals surface area contributed by atoms with Crippen molar-refractivity contribution in [2.24, 2.45) is 5.92 Å². The molecular weight excluding hydrogens is 206 g/mol. The minimum Gasteiger partial charge on any atom is -0.367 e. The summed E-state index contributed by atoms with van der Waals surface area (Å²) in [6, 6.07) is 0.323. The van der Waals surface area contributed by atoms with Gasteiger partial charge in [0.2, 0.25) is 11.9 Å². The number of nitrogens with zero attached hydrogens (tertiary/aromatic N) is 3. The van der Waals surface area contributed by atoms with Crippen molar-refractivity contribution in [3.63, 3.8) is 0 Å². The number of hydrogen-bond donors (Lipinski definition) is 2. The molecular formula is C10H17N5O. The molecule has 1 fully saturated rings. The molecule has 2 atom stereocenters. The van der Waals surface area contributed by atoms with Crippen LogP contribution in [-0.4, -0.2) is 26.7 Å². The Morgan fingerprint density at radius 2 is 2.50 bits per heavy atom. The molecule has 0 bridgehead atoms. The third kappa shape index (κ3) is 2.71. The third-order valence-corrected chi connectivity index (χ3v) is 2.92. The molecule has 0 spiro atoms. The molecule has 1 aromatic heterocycles. The second-order valence-corrected chi connectivity index (χ2v) is 4.48. The number of amides is 1. The molecule has 1 aliphatic rings. The van der Waals surface area contributed by atoms with E-state index >= 15 is 0 Å². The summed E-state index contributed by atoms with van der Waals surface area (Å²) in [6.07, 6.45) is 4.81. The van der Waals surface area contributed by atoms with Gasteiger partial charge in [0, 0.05) is 6.04 Å². The van der Waals surface area contributed by atoms with Crippen molar-refractivity contribution in [1.29, 1.82) is 0 Å². The summed E-state index contributed by atoms with van der Waals surface area (Å²) in [4.78, 5) is 15.4. The standard InChI is InChI=1S/C10H17N5O/c1-7-2-3-8(4-7)13-9(16)5-15-6-12-10(11)14-15/h6-8H,2-5H2,1H3,(H2,11,14)(H,13,16). The first-order valence-corrected chi connectivity index (χ1v) is 5.58. The van der Waals surface area contributed by atoms with Gasteiger partial charge in [-0.3, -0.25) is 4.79 Å². The Morgan fingerprint density at radius 3 is 3.06 bits per heavy atom. The average Bonchev–Trinajstić information content (AvgIpc) is 2.76. The van der Waals surface area contributed by atoms with Gasteiger partial charge >= 0.3 is 0 Å². The molecule has 1 saturated carbocycles. The number of anilines is 1. The van der Waals surface area contributed by atoms with E-state index in [9.17, 15) is 4.79 Å². The van der Waals surface area contributed by atoms with Crippen LogP contribution in [0.2, 0.25) is 0 Å². The molecule has 0 aromatic carbocycles. The maximum Gasteiger partial charge on any atom is 0.242 e. The molecule has 16 heavy (non-hydrogen) atoms. The van der Waals surface area contributed by atoms with Crippen molar-refractivity contribution in [2.45, 2.75) is 38.8 Å². The quantitative estimate of drug-likeness (QED) is 0.764. The molecule has 6 heteroatoms. The van der Waals surface area contributed by atoms with Crippen molar-refractivity contribution in [1.82, 2.24) is 20.1 Å². The van der Waals surface area contributed by atoms with Gasteiger partial charge in [-0.15, -0.1) is 5.10 Å². The van der Waals surface area contributed by atoms with Crippen LogP contribution in [0.5, 0.6) is 0 Å². The molecule has 0 aliphatic heterocycles. The minimum atomic E-state index is -0.0241. The number of carbonyl (C=O) groups excluding carboxylic acids is 1. The van der Waals surface area contributed by atoms with Gasteiger partial charge < -0.3 is 11.1 Å². The molecule has 1 aromatic rings. The number of nitrogens with one attached hydrogen (secondary N) is 1. The van der Waals surface area contributed by atoms with Crippen LogP contribution in [-0.2, 0) is 11.3 Å². The number of nitrogen functional groups attached to an aromatic ring is 1. The predicted octanol–water partition coefficient (Wildman–Crippen LogP) is 0.165. The minimum absolute atomic E-state index is 0.0241. The van der Waals surface area contributed by atoms with Crippen molar-refractivity contribution in [3.8, 4) is 0 Å².